The molecule has 0 aliphatic heterocycles. The van der Waals surface area contributed by atoms with Crippen molar-refractivity contribution in [2.75, 3.05) is 13.2 Å². The maximum Gasteiger partial charge on any atom is 0.242 e. The predicted octanol–water partition coefficient (Wildman–Crippen LogP) is 1.12. The first-order valence-electron chi connectivity index (χ1n) is 5.21. The first-order chi connectivity index (χ1) is 8.40. The largest absolute Gasteiger partial charge is 0.396 e. The molecule has 2 N–H and O–H groups in total. The van der Waals surface area contributed by atoms with Crippen LogP contribution in [0.3, 0.4) is 0 Å². The van der Waals surface area contributed by atoms with Crippen LogP contribution in [0.15, 0.2) is 23.1 Å². The van der Waals surface area contributed by atoms with Crippen LogP contribution in [0.1, 0.15) is 12.5 Å². The third kappa shape index (κ3) is 3.68. The van der Waals surface area contributed by atoms with E-state index >= 15 is 0 Å². The van der Waals surface area contributed by atoms with Crippen molar-refractivity contribution in [3.8, 4) is 6.07 Å². The standard InChI is InChI=1S/C11H13ClN2O3S/c1-8(7-15)6-14-18(16,17)11-4-9(5-13)2-3-10(11)12/h2-4,8,14-15H,6-7H2,1H3. The summed E-state index contributed by atoms with van der Waals surface area (Å²) in [6.07, 6.45) is 0. The lowest BCUT2D eigenvalue weighted by Gasteiger charge is -2.11. The van der Waals surface area contributed by atoms with Crippen LogP contribution in [0.5, 0.6) is 0 Å². The molecule has 1 atom stereocenters. The molecule has 0 fully saturated rings. The average molecular weight is 289 g/mol. The summed E-state index contributed by atoms with van der Waals surface area (Å²) in [5, 5.41) is 17.6. The Bertz CT molecular complexity index is 566. The fourth-order valence-corrected chi connectivity index (χ4v) is 2.86. The number of halogens is 1. The van der Waals surface area contributed by atoms with E-state index in [1.165, 1.54) is 18.2 Å². The third-order valence-electron chi connectivity index (χ3n) is 2.28. The summed E-state index contributed by atoms with van der Waals surface area (Å²) in [5.41, 5.74) is 0.218. The lowest BCUT2D eigenvalue weighted by molar-refractivity contribution is 0.238. The number of hydrogen-bond donors (Lipinski definition) is 2. The van der Waals surface area contributed by atoms with Gasteiger partial charge in [0.2, 0.25) is 10.0 Å². The van der Waals surface area contributed by atoms with Gasteiger partial charge in [-0.05, 0) is 24.1 Å². The summed E-state index contributed by atoms with van der Waals surface area (Å²) in [7, 11) is -3.77. The number of aliphatic hydroxyl groups is 1. The first-order valence-corrected chi connectivity index (χ1v) is 7.07. The molecule has 5 nitrogen and oxygen atoms in total. The minimum Gasteiger partial charge on any atom is -0.396 e. The van der Waals surface area contributed by atoms with E-state index in [4.69, 9.17) is 22.0 Å². The van der Waals surface area contributed by atoms with Crippen molar-refractivity contribution in [1.29, 1.82) is 5.26 Å². The molecule has 1 aromatic rings. The van der Waals surface area contributed by atoms with Crippen LogP contribution in [0, 0.1) is 17.2 Å². The molecular formula is C11H13ClN2O3S. The number of rotatable bonds is 5. The third-order valence-corrected chi connectivity index (χ3v) is 4.19. The minimum atomic E-state index is -3.77. The highest BCUT2D eigenvalue weighted by Gasteiger charge is 2.19. The van der Waals surface area contributed by atoms with E-state index in [2.05, 4.69) is 4.72 Å². The fraction of sp³-hybridized carbons (Fsp3) is 0.364. The molecule has 0 saturated heterocycles. The molecule has 98 valence electrons. The van der Waals surface area contributed by atoms with Crippen LogP contribution in [0.4, 0.5) is 0 Å². The summed E-state index contributed by atoms with van der Waals surface area (Å²) in [6.45, 7) is 1.69. The minimum absolute atomic E-state index is 0.0538. The van der Waals surface area contributed by atoms with Crippen LogP contribution < -0.4 is 4.72 Å². The quantitative estimate of drug-likeness (QED) is 0.849. The number of aliphatic hydroxyl groups excluding tert-OH is 1. The van der Waals surface area contributed by atoms with Crippen LogP contribution >= 0.6 is 11.6 Å². The van der Waals surface area contributed by atoms with Gasteiger partial charge in [-0.15, -0.1) is 0 Å². The molecule has 1 aromatic carbocycles. The summed E-state index contributed by atoms with van der Waals surface area (Å²) >= 11 is 5.81. The molecule has 1 rings (SSSR count). The fourth-order valence-electron chi connectivity index (χ4n) is 1.17. The highest BCUT2D eigenvalue weighted by atomic mass is 35.5. The molecule has 1 unspecified atom stereocenters. The zero-order valence-corrected chi connectivity index (χ0v) is 11.3. The number of nitriles is 1. The highest BCUT2D eigenvalue weighted by Crippen LogP contribution is 2.22. The van der Waals surface area contributed by atoms with Crippen molar-refractivity contribution in [2.24, 2.45) is 5.92 Å². The highest BCUT2D eigenvalue weighted by molar-refractivity contribution is 7.89. The molecule has 0 amide bonds. The summed E-state index contributed by atoms with van der Waals surface area (Å²) in [4.78, 5) is -0.131. The van der Waals surface area contributed by atoms with E-state index < -0.39 is 10.0 Å². The van der Waals surface area contributed by atoms with E-state index in [9.17, 15) is 8.42 Å². The summed E-state index contributed by atoms with van der Waals surface area (Å²) in [5.74, 6) is -0.197. The van der Waals surface area contributed by atoms with Crippen molar-refractivity contribution >= 4 is 21.6 Å². The lowest BCUT2D eigenvalue weighted by atomic mass is 10.2. The van der Waals surface area contributed by atoms with Crippen LogP contribution in [0.25, 0.3) is 0 Å². The molecule has 0 aliphatic carbocycles. The molecule has 0 saturated carbocycles. The molecule has 18 heavy (non-hydrogen) atoms. The normalized spacial score (nSPS) is 13.0. The van der Waals surface area contributed by atoms with Gasteiger partial charge < -0.3 is 5.11 Å². The van der Waals surface area contributed by atoms with E-state index in [1.807, 2.05) is 6.07 Å². The van der Waals surface area contributed by atoms with E-state index in [1.54, 1.807) is 6.92 Å². The zero-order chi connectivity index (χ0) is 13.8. The van der Waals surface area contributed by atoms with Gasteiger partial charge in [-0.25, -0.2) is 13.1 Å². The van der Waals surface area contributed by atoms with E-state index in [-0.39, 0.29) is 34.6 Å². The maximum atomic E-state index is 12.0. The Hall–Kier alpha value is -1.13. The van der Waals surface area contributed by atoms with E-state index in [0.717, 1.165) is 0 Å². The van der Waals surface area contributed by atoms with Crippen LogP contribution in [0.2, 0.25) is 5.02 Å². The number of benzene rings is 1. The summed E-state index contributed by atoms with van der Waals surface area (Å²) in [6, 6.07) is 5.88. The van der Waals surface area contributed by atoms with Crippen molar-refractivity contribution in [1.82, 2.24) is 4.72 Å². The Labute approximate surface area is 111 Å². The van der Waals surface area contributed by atoms with Gasteiger partial charge in [0.25, 0.3) is 0 Å². The maximum absolute atomic E-state index is 12.0. The van der Waals surface area contributed by atoms with E-state index in [0.29, 0.717) is 0 Å². The Kier molecular flexibility index (Phi) is 5.11. The number of hydrogen-bond acceptors (Lipinski definition) is 4. The molecule has 0 heterocycles. The number of nitrogens with one attached hydrogen (secondary N) is 1. The smallest absolute Gasteiger partial charge is 0.242 e. The monoisotopic (exact) mass is 288 g/mol. The molecule has 0 aliphatic rings. The van der Waals surface area contributed by atoms with Crippen molar-refractivity contribution < 1.29 is 13.5 Å². The number of nitrogens with zero attached hydrogens (tertiary/aromatic N) is 1. The lowest BCUT2D eigenvalue weighted by Crippen LogP contribution is -2.29. The molecular weight excluding hydrogens is 276 g/mol. The Morgan fingerprint density at radius 3 is 2.78 bits per heavy atom. The van der Waals surface area contributed by atoms with Gasteiger partial charge >= 0.3 is 0 Å². The van der Waals surface area contributed by atoms with Crippen molar-refractivity contribution in [3.05, 3.63) is 28.8 Å². The Morgan fingerprint density at radius 1 is 1.56 bits per heavy atom. The number of sulfonamides is 1. The zero-order valence-electron chi connectivity index (χ0n) is 9.72. The van der Waals surface area contributed by atoms with Gasteiger partial charge in [-0.3, -0.25) is 0 Å². The summed E-state index contributed by atoms with van der Waals surface area (Å²) < 4.78 is 26.2. The predicted molar refractivity (Wildman–Crippen MR) is 67.6 cm³/mol. The van der Waals surface area contributed by atoms with Gasteiger partial charge in [-0.1, -0.05) is 18.5 Å². The SMILES string of the molecule is CC(CO)CNS(=O)(=O)c1cc(C#N)ccc1Cl. The molecule has 0 radical (unpaired) electrons. The van der Waals surface area contributed by atoms with Gasteiger partial charge in [0.05, 0.1) is 16.7 Å². The second-order valence-corrected chi connectivity index (χ2v) is 6.04. The Balaban J connectivity index is 3.02. The van der Waals surface area contributed by atoms with Gasteiger partial charge in [-0.2, -0.15) is 5.26 Å². The molecule has 0 aromatic heterocycles. The van der Waals surface area contributed by atoms with Gasteiger partial charge in [0, 0.05) is 13.2 Å². The van der Waals surface area contributed by atoms with Crippen LogP contribution in [-0.4, -0.2) is 26.7 Å². The van der Waals surface area contributed by atoms with Crippen molar-refractivity contribution in [3.63, 3.8) is 0 Å². The first kappa shape index (κ1) is 14.9. The topological polar surface area (TPSA) is 90.2 Å². The average Bonchev–Trinajstić information content (AvgIpc) is 2.36. The van der Waals surface area contributed by atoms with Crippen LogP contribution in [-0.2, 0) is 10.0 Å². The van der Waals surface area contributed by atoms with Crippen molar-refractivity contribution in [2.45, 2.75) is 11.8 Å². The van der Waals surface area contributed by atoms with Gasteiger partial charge in [0.1, 0.15) is 4.90 Å². The second-order valence-electron chi connectivity index (χ2n) is 3.90. The van der Waals surface area contributed by atoms with Gasteiger partial charge in [0.15, 0.2) is 0 Å². The molecule has 0 bridgehead atoms. The Morgan fingerprint density at radius 2 is 2.22 bits per heavy atom. The molecule has 7 heteroatoms. The molecule has 0 spiro atoms. The second kappa shape index (κ2) is 6.16.